The van der Waals surface area contributed by atoms with Crippen molar-refractivity contribution in [2.75, 3.05) is 65.9 Å². The van der Waals surface area contributed by atoms with Crippen LogP contribution in [0.5, 0.6) is 0 Å². The summed E-state index contributed by atoms with van der Waals surface area (Å²) in [5.41, 5.74) is 0. The summed E-state index contributed by atoms with van der Waals surface area (Å²) in [6, 6.07) is -1.89. The second kappa shape index (κ2) is 85.0. The van der Waals surface area contributed by atoms with Crippen molar-refractivity contribution in [1.29, 1.82) is 0 Å². The molecule has 0 saturated heterocycles. The zero-order valence-corrected chi connectivity index (χ0v) is 78.2. The standard InChI is InChI=1S/C83H164N4O15P2S2.2Na.2H/c1-7-13-19-25-29-33-35-39-41-47-53-59-79(88)86-75(71-95-67-63-77(57-51-45-23-17-11-5)101-81(90)61-55-49-43-37-31-27-21-15-9-3)73-99-103(93,105)97-69-65-84-83(92)85-66-70-98-104(94,106)100-74-76(87-80(89)60-54-48-42-40-36-34-30-26-20-14-8-2)72-96-68-64-78(58-52-46-24-18-12-6)102-82(91)62-56-50-44-38-32-28-22-16-10-4;;;;/h75-78H,7-74H2,1-6H3,(H,86,88)(H,87,89)(H,93,105)(H,94,106)(H2,84,85,92);;;;/q;2*+1;2*-1/t75-,76-,77-,78-,103?,104?;;;;/m1..../s1. The summed E-state index contributed by atoms with van der Waals surface area (Å²) in [6.07, 6.45) is 61.5. The summed E-state index contributed by atoms with van der Waals surface area (Å²) in [7, 11) is 0. The van der Waals surface area contributed by atoms with Crippen LogP contribution in [-0.2, 0) is 79.8 Å². The molecule has 25 heteroatoms. The van der Waals surface area contributed by atoms with Gasteiger partial charge in [0.05, 0.1) is 64.9 Å². The van der Waals surface area contributed by atoms with Crippen LogP contribution in [0.25, 0.3) is 0 Å². The van der Waals surface area contributed by atoms with Crippen LogP contribution >= 0.6 is 13.4 Å². The van der Waals surface area contributed by atoms with Gasteiger partial charge in [-0.25, -0.2) is 4.79 Å². The molecule has 0 aliphatic carbocycles. The molecule has 0 aliphatic rings. The van der Waals surface area contributed by atoms with E-state index in [2.05, 4.69) is 62.8 Å². The quantitative estimate of drug-likeness (QED) is 0.0143. The third-order valence-corrected chi connectivity index (χ3v) is 22.8. The van der Waals surface area contributed by atoms with Crippen LogP contribution in [0.4, 0.5) is 4.79 Å². The molecular formula is C83H166N4Na2O15P2S2. The smallest absolute Gasteiger partial charge is 1.00 e. The third kappa shape index (κ3) is 81.3. The maximum absolute atomic E-state index is 13.3. The molecular weight excluding hydrogens is 1460 g/mol. The topological polar surface area (TPSA) is 248 Å². The molecule has 632 valence electrons. The SMILES string of the molecule is CCCCCCCCCCCCCC(=O)N[C@H](COCC[C@@H](CCCCCCC)OC(=O)CCCCCCCCCCC)COP(O)(=S)OCCNC(=O)NCCOP(O)(=S)OC[C@@H](COCC[C@@H](CCCCCCC)OC(=O)CCCCCCCCCCC)NC(=O)CCCCCCCCCCCCC.[H-].[H-].[Na+].[Na+]. The number of hydrogen-bond donors (Lipinski definition) is 6. The van der Waals surface area contributed by atoms with E-state index in [1.54, 1.807) is 0 Å². The van der Waals surface area contributed by atoms with E-state index in [4.69, 9.17) is 60.7 Å². The molecule has 6 N–H and O–H groups in total. The van der Waals surface area contributed by atoms with E-state index in [9.17, 15) is 33.8 Å². The zero-order valence-electron chi connectivity index (χ0n) is 72.8. The molecule has 6 atom stereocenters. The average Bonchev–Trinajstić information content (AvgIpc) is 0.913. The molecule has 0 aromatic heterocycles. The van der Waals surface area contributed by atoms with Gasteiger partial charge in [-0.05, 0) is 75.0 Å². The molecule has 0 heterocycles. The summed E-state index contributed by atoms with van der Waals surface area (Å²) < 4.78 is 47.1. The van der Waals surface area contributed by atoms with E-state index in [0.717, 1.165) is 154 Å². The molecule has 19 nitrogen and oxygen atoms in total. The van der Waals surface area contributed by atoms with Gasteiger partial charge in [-0.15, -0.1) is 0 Å². The Morgan fingerprint density at radius 2 is 0.556 bits per heavy atom. The van der Waals surface area contributed by atoms with E-state index in [0.29, 0.717) is 51.7 Å². The number of ether oxygens (including phenoxy) is 4. The molecule has 0 aromatic carbocycles. The summed E-state index contributed by atoms with van der Waals surface area (Å²) in [5.74, 6) is -0.627. The van der Waals surface area contributed by atoms with Gasteiger partial charge < -0.3 is 70.9 Å². The van der Waals surface area contributed by atoms with Crippen LogP contribution in [0.1, 0.15) is 417 Å². The Balaban J connectivity index is -0.00000919. The van der Waals surface area contributed by atoms with Gasteiger partial charge in [-0.2, -0.15) is 0 Å². The minimum absolute atomic E-state index is 0. The normalized spacial score (nSPS) is 13.6. The molecule has 4 amide bonds. The van der Waals surface area contributed by atoms with Gasteiger partial charge in [0, 0.05) is 51.6 Å². The Labute approximate surface area is 719 Å². The molecule has 108 heavy (non-hydrogen) atoms. The molecule has 0 aliphatic heterocycles. The Bertz CT molecular complexity index is 2000. The van der Waals surface area contributed by atoms with Crippen molar-refractivity contribution in [1.82, 2.24) is 21.3 Å². The molecule has 0 saturated carbocycles. The van der Waals surface area contributed by atoms with E-state index < -0.39 is 31.6 Å². The number of amides is 4. The van der Waals surface area contributed by atoms with Crippen molar-refractivity contribution in [2.24, 2.45) is 0 Å². The van der Waals surface area contributed by atoms with Crippen LogP contribution in [0, 0.1) is 0 Å². The van der Waals surface area contributed by atoms with Gasteiger partial charge in [0.25, 0.3) is 0 Å². The number of urea groups is 1. The fraction of sp³-hybridized carbons (Fsp3) is 0.940. The minimum Gasteiger partial charge on any atom is -1.00 e. The Kier molecular flexibility index (Phi) is 88.4. The Morgan fingerprint density at radius 1 is 0.315 bits per heavy atom. The molecule has 0 spiro atoms. The second-order valence-electron chi connectivity index (χ2n) is 30.0. The van der Waals surface area contributed by atoms with E-state index in [1.165, 1.54) is 180 Å². The van der Waals surface area contributed by atoms with Crippen molar-refractivity contribution in [3.8, 4) is 0 Å². The molecule has 0 radical (unpaired) electrons. The van der Waals surface area contributed by atoms with Gasteiger partial charge in [0.15, 0.2) is 0 Å². The predicted octanol–water partition coefficient (Wildman–Crippen LogP) is 16.6. The van der Waals surface area contributed by atoms with E-state index >= 15 is 0 Å². The van der Waals surface area contributed by atoms with Crippen LogP contribution in [0.15, 0.2) is 0 Å². The largest absolute Gasteiger partial charge is 1.00 e. The number of hydrogen-bond acceptors (Lipinski definition) is 15. The number of carbonyl (C=O) groups excluding carboxylic acids is 5. The first-order valence-electron chi connectivity index (χ1n) is 43.9. The zero-order chi connectivity index (χ0) is 77.8. The average molecular weight is 1630 g/mol. The third-order valence-electron chi connectivity index (χ3n) is 19.5. The van der Waals surface area contributed by atoms with Gasteiger partial charge in [-0.1, -0.05) is 324 Å². The minimum atomic E-state index is -3.85. The first-order chi connectivity index (χ1) is 51.5. The summed E-state index contributed by atoms with van der Waals surface area (Å²) in [5, 5.41) is 11.3. The fourth-order valence-corrected chi connectivity index (χ4v) is 15.3. The van der Waals surface area contributed by atoms with Crippen LogP contribution < -0.4 is 80.4 Å². The van der Waals surface area contributed by atoms with Crippen LogP contribution in [-0.4, -0.2) is 130 Å². The second-order valence-corrected chi connectivity index (χ2v) is 35.7. The van der Waals surface area contributed by atoms with Gasteiger partial charge in [-0.3, -0.25) is 19.2 Å². The van der Waals surface area contributed by atoms with E-state index in [-0.39, 0.29) is 151 Å². The van der Waals surface area contributed by atoms with E-state index in [1.807, 2.05) is 0 Å². The van der Waals surface area contributed by atoms with Crippen molar-refractivity contribution >= 4 is 66.8 Å². The molecule has 2 unspecified atom stereocenters. The summed E-state index contributed by atoms with van der Waals surface area (Å²) in [4.78, 5) is 87.9. The monoisotopic (exact) mass is 1630 g/mol. The number of carbonyl (C=O) groups is 5. The van der Waals surface area contributed by atoms with Crippen molar-refractivity contribution in [2.45, 2.75) is 438 Å². The summed E-state index contributed by atoms with van der Waals surface area (Å²) >= 11 is 10.7. The van der Waals surface area contributed by atoms with Crippen LogP contribution in [0.2, 0.25) is 0 Å². The number of esters is 2. The summed E-state index contributed by atoms with van der Waals surface area (Å²) in [6.45, 7) is 5.58. The number of nitrogens with one attached hydrogen (secondary N) is 4. The maximum atomic E-state index is 13.3. The van der Waals surface area contributed by atoms with Gasteiger partial charge in [0.2, 0.25) is 11.8 Å². The van der Waals surface area contributed by atoms with Crippen molar-refractivity contribution in [3.05, 3.63) is 0 Å². The van der Waals surface area contributed by atoms with Gasteiger partial charge in [0.1, 0.15) is 12.2 Å². The fourth-order valence-electron chi connectivity index (χ4n) is 12.9. The Morgan fingerprint density at radius 3 is 0.824 bits per heavy atom. The Hall–Kier alpha value is 0.130. The predicted molar refractivity (Wildman–Crippen MR) is 448 cm³/mol. The van der Waals surface area contributed by atoms with Crippen LogP contribution in [0.3, 0.4) is 0 Å². The first kappa shape index (κ1) is 112. The maximum Gasteiger partial charge on any atom is 1.00 e. The first-order valence-corrected chi connectivity index (χ1v) is 49.1. The van der Waals surface area contributed by atoms with Crippen molar-refractivity contribution in [3.63, 3.8) is 0 Å². The molecule has 0 fully saturated rings. The molecule has 0 rings (SSSR count). The number of unbranched alkanes of at least 4 members (excludes halogenated alkanes) is 44. The number of rotatable bonds is 84. The van der Waals surface area contributed by atoms with Crippen molar-refractivity contribution < 1.29 is 133 Å². The molecule has 0 aromatic rings. The van der Waals surface area contributed by atoms with Gasteiger partial charge >= 0.3 is 90.5 Å². The molecule has 0 bridgehead atoms.